The molecule has 154 valence electrons. The Bertz CT molecular complexity index is 880. The summed E-state index contributed by atoms with van der Waals surface area (Å²) in [4.78, 5) is 27.3. The van der Waals surface area contributed by atoms with E-state index < -0.39 is 0 Å². The number of nitrogens with zero attached hydrogens (tertiary/aromatic N) is 1. The van der Waals surface area contributed by atoms with Crippen molar-refractivity contribution in [2.24, 2.45) is 5.73 Å². The second-order valence-corrected chi connectivity index (χ2v) is 7.59. The summed E-state index contributed by atoms with van der Waals surface area (Å²) in [5, 5.41) is 16.4. The molecule has 29 heavy (non-hydrogen) atoms. The van der Waals surface area contributed by atoms with Crippen LogP contribution in [0, 0.1) is 0 Å². The molecule has 7 heteroatoms. The minimum Gasteiger partial charge on any atom is -0.507 e. The average molecular weight is 396 g/mol. The van der Waals surface area contributed by atoms with Gasteiger partial charge in [-0.2, -0.15) is 0 Å². The number of carbonyl (C=O) groups is 2. The first-order chi connectivity index (χ1) is 13.9. The first-order valence-electron chi connectivity index (χ1n) is 9.79. The van der Waals surface area contributed by atoms with Crippen LogP contribution in [0.2, 0.25) is 0 Å². The number of aromatic hydroxyl groups is 1. The molecule has 0 saturated carbocycles. The minimum atomic E-state index is -0.296. The van der Waals surface area contributed by atoms with E-state index in [4.69, 9.17) is 5.73 Å². The number of phenolic OH excluding ortho intramolecular Hbond substituents is 1. The van der Waals surface area contributed by atoms with Gasteiger partial charge >= 0.3 is 0 Å². The van der Waals surface area contributed by atoms with Crippen molar-refractivity contribution >= 4 is 17.4 Å². The number of nitrogens with two attached hydrogens (primary N) is 1. The number of carbonyl (C=O) groups excluding carboxylic acids is 2. The molecule has 2 atom stereocenters. The maximum Gasteiger partial charge on any atom is 0.251 e. The quantitative estimate of drug-likeness (QED) is 0.571. The lowest BCUT2D eigenvalue weighted by molar-refractivity contribution is 0.0928. The predicted molar refractivity (Wildman–Crippen MR) is 114 cm³/mol. The molecule has 3 rings (SSSR count). The van der Waals surface area contributed by atoms with Crippen LogP contribution in [0.3, 0.4) is 0 Å². The number of hydrogen-bond donors (Lipinski definition) is 4. The molecule has 1 amide bonds. The molecule has 0 aromatic heterocycles. The molecule has 0 spiro atoms. The van der Waals surface area contributed by atoms with Crippen LogP contribution in [0.5, 0.6) is 5.75 Å². The highest BCUT2D eigenvalue weighted by Crippen LogP contribution is 2.25. The van der Waals surface area contributed by atoms with Crippen LogP contribution in [-0.2, 0) is 0 Å². The summed E-state index contributed by atoms with van der Waals surface area (Å²) < 4.78 is 0. The zero-order valence-electron chi connectivity index (χ0n) is 16.8. The van der Waals surface area contributed by atoms with Gasteiger partial charge in [0.05, 0.1) is 5.56 Å². The number of benzene rings is 2. The van der Waals surface area contributed by atoms with Crippen LogP contribution in [0.15, 0.2) is 42.5 Å². The van der Waals surface area contributed by atoms with Gasteiger partial charge in [-0.15, -0.1) is 0 Å². The average Bonchev–Trinajstić information content (AvgIpc) is 2.92. The highest BCUT2D eigenvalue weighted by molar-refractivity contribution is 6.11. The van der Waals surface area contributed by atoms with E-state index in [9.17, 15) is 14.7 Å². The molecule has 0 aliphatic carbocycles. The van der Waals surface area contributed by atoms with Gasteiger partial charge in [0.15, 0.2) is 5.78 Å². The molecule has 1 saturated heterocycles. The SMILES string of the molecule is CN(C)c1ccc(O)c(C(=O)c2ccc(C(=O)N[C@@H]3CCCNC[C@H]3N)cc2)c1. The number of rotatable bonds is 5. The third kappa shape index (κ3) is 4.93. The van der Waals surface area contributed by atoms with Crippen molar-refractivity contribution in [3.05, 3.63) is 59.2 Å². The smallest absolute Gasteiger partial charge is 0.251 e. The van der Waals surface area contributed by atoms with Crippen molar-refractivity contribution in [3.8, 4) is 5.75 Å². The molecule has 5 N–H and O–H groups in total. The van der Waals surface area contributed by atoms with E-state index in [1.165, 1.54) is 6.07 Å². The lowest BCUT2D eigenvalue weighted by atomic mass is 10.00. The second kappa shape index (κ2) is 9.07. The van der Waals surface area contributed by atoms with Gasteiger partial charge in [0.25, 0.3) is 5.91 Å². The Morgan fingerprint density at radius 1 is 1.14 bits per heavy atom. The molecule has 7 nitrogen and oxygen atoms in total. The van der Waals surface area contributed by atoms with Gasteiger partial charge in [0, 0.05) is 49.5 Å². The first-order valence-corrected chi connectivity index (χ1v) is 9.79. The summed E-state index contributed by atoms with van der Waals surface area (Å²) in [7, 11) is 3.73. The normalized spacial score (nSPS) is 19.3. The van der Waals surface area contributed by atoms with Gasteiger partial charge < -0.3 is 26.4 Å². The van der Waals surface area contributed by atoms with Crippen LogP contribution in [0.1, 0.15) is 39.1 Å². The maximum absolute atomic E-state index is 12.8. The van der Waals surface area contributed by atoms with Crippen LogP contribution >= 0.6 is 0 Å². The number of nitrogens with one attached hydrogen (secondary N) is 2. The topological polar surface area (TPSA) is 108 Å². The third-order valence-corrected chi connectivity index (χ3v) is 5.23. The largest absolute Gasteiger partial charge is 0.507 e. The fourth-order valence-electron chi connectivity index (χ4n) is 3.42. The molecular weight excluding hydrogens is 368 g/mol. The van der Waals surface area contributed by atoms with E-state index >= 15 is 0 Å². The molecule has 0 radical (unpaired) electrons. The van der Waals surface area contributed by atoms with Crippen molar-refractivity contribution < 1.29 is 14.7 Å². The molecule has 1 heterocycles. The lowest BCUT2D eigenvalue weighted by Gasteiger charge is -2.22. The van der Waals surface area contributed by atoms with Crippen LogP contribution in [0.4, 0.5) is 5.69 Å². The molecule has 0 unspecified atom stereocenters. The molecule has 2 aromatic carbocycles. The van der Waals surface area contributed by atoms with Crippen LogP contribution < -0.4 is 21.3 Å². The van der Waals surface area contributed by atoms with E-state index in [2.05, 4.69) is 10.6 Å². The van der Waals surface area contributed by atoms with Gasteiger partial charge in [-0.1, -0.05) is 12.1 Å². The van der Waals surface area contributed by atoms with E-state index in [-0.39, 0.29) is 35.1 Å². The molecule has 1 aliphatic heterocycles. The summed E-state index contributed by atoms with van der Waals surface area (Å²) >= 11 is 0. The predicted octanol–water partition coefficient (Wildman–Crippen LogP) is 1.50. The second-order valence-electron chi connectivity index (χ2n) is 7.59. The summed E-state index contributed by atoms with van der Waals surface area (Å²) in [5.41, 5.74) is 8.05. The van der Waals surface area contributed by atoms with Gasteiger partial charge in [-0.05, 0) is 49.7 Å². The maximum atomic E-state index is 12.8. The Kier molecular flexibility index (Phi) is 6.51. The van der Waals surface area contributed by atoms with Crippen molar-refractivity contribution in [2.45, 2.75) is 24.9 Å². The number of hydrogen-bond acceptors (Lipinski definition) is 6. The summed E-state index contributed by atoms with van der Waals surface area (Å²) in [6.07, 6.45) is 1.79. The van der Waals surface area contributed by atoms with Gasteiger partial charge in [0.2, 0.25) is 0 Å². The molecule has 1 fully saturated rings. The Morgan fingerprint density at radius 2 is 1.83 bits per heavy atom. The fourth-order valence-corrected chi connectivity index (χ4v) is 3.42. The Morgan fingerprint density at radius 3 is 2.52 bits per heavy atom. The van der Waals surface area contributed by atoms with Crippen molar-refractivity contribution in [1.82, 2.24) is 10.6 Å². The standard InChI is InChI=1S/C22H28N4O3/c1-26(2)16-9-10-20(27)17(12-16)21(28)14-5-7-15(8-6-14)22(29)25-19-4-3-11-24-13-18(19)23/h5-10,12,18-19,24,27H,3-4,11,13,23H2,1-2H3,(H,25,29)/t18-,19-/m1/s1. The number of phenols is 1. The molecule has 0 bridgehead atoms. The van der Waals surface area contributed by atoms with E-state index in [0.717, 1.165) is 25.1 Å². The lowest BCUT2D eigenvalue weighted by Crippen LogP contribution is -2.50. The summed E-state index contributed by atoms with van der Waals surface area (Å²) in [6.45, 7) is 1.58. The molecule has 2 aromatic rings. The molecule has 1 aliphatic rings. The zero-order valence-corrected chi connectivity index (χ0v) is 16.8. The van der Waals surface area contributed by atoms with Crippen LogP contribution in [-0.4, -0.2) is 56.1 Å². The van der Waals surface area contributed by atoms with Gasteiger partial charge in [-0.25, -0.2) is 0 Å². The zero-order chi connectivity index (χ0) is 21.0. The van der Waals surface area contributed by atoms with Gasteiger partial charge in [0.1, 0.15) is 5.75 Å². The number of ketones is 1. The van der Waals surface area contributed by atoms with E-state index in [1.807, 2.05) is 19.0 Å². The highest BCUT2D eigenvalue weighted by Gasteiger charge is 2.22. The highest BCUT2D eigenvalue weighted by atomic mass is 16.3. The summed E-state index contributed by atoms with van der Waals surface area (Å²) in [6, 6.07) is 11.1. The Hall–Kier alpha value is -2.90. The first kappa shape index (κ1) is 20.8. The molecular formula is C22H28N4O3. The van der Waals surface area contributed by atoms with Crippen molar-refractivity contribution in [1.29, 1.82) is 0 Å². The van der Waals surface area contributed by atoms with Gasteiger partial charge in [-0.3, -0.25) is 9.59 Å². The fraction of sp³-hybridized carbons (Fsp3) is 0.364. The Labute approximate surface area is 170 Å². The summed E-state index contributed by atoms with van der Waals surface area (Å²) in [5.74, 6) is -0.572. The van der Waals surface area contributed by atoms with Crippen LogP contribution in [0.25, 0.3) is 0 Å². The number of anilines is 1. The van der Waals surface area contributed by atoms with Crippen molar-refractivity contribution in [2.75, 3.05) is 32.1 Å². The van der Waals surface area contributed by atoms with Crippen molar-refractivity contribution in [3.63, 3.8) is 0 Å². The van der Waals surface area contributed by atoms with E-state index in [1.54, 1.807) is 36.4 Å². The number of amides is 1. The van der Waals surface area contributed by atoms with E-state index in [0.29, 0.717) is 17.7 Å². The Balaban J connectivity index is 1.73. The third-order valence-electron chi connectivity index (χ3n) is 5.23. The minimum absolute atomic E-state index is 0.0709. The monoisotopic (exact) mass is 396 g/mol.